The van der Waals surface area contributed by atoms with Crippen LogP contribution < -0.4 is 10.9 Å². The summed E-state index contributed by atoms with van der Waals surface area (Å²) < 4.78 is 3.44. The Morgan fingerprint density at radius 3 is 2.79 bits per heavy atom. The first-order valence-electron chi connectivity index (χ1n) is 5.86. The van der Waals surface area contributed by atoms with Crippen LogP contribution in [-0.2, 0) is 14.1 Å². The lowest BCUT2D eigenvalue weighted by Gasteiger charge is -2.05. The lowest BCUT2D eigenvalue weighted by Crippen LogP contribution is -2.09. The number of hydrogen-bond donors (Lipinski definition) is 2. The van der Waals surface area contributed by atoms with E-state index in [9.17, 15) is 4.79 Å². The van der Waals surface area contributed by atoms with E-state index in [2.05, 4.69) is 20.4 Å². The Hall–Kier alpha value is -2.57. The number of fused-ring (bicyclic) bond motifs is 1. The predicted octanol–water partition coefficient (Wildman–Crippen LogP) is 1.05. The van der Waals surface area contributed by atoms with E-state index in [1.54, 1.807) is 28.8 Å². The van der Waals surface area contributed by atoms with E-state index in [0.29, 0.717) is 11.0 Å². The van der Waals surface area contributed by atoms with Crippen molar-refractivity contribution in [3.05, 3.63) is 34.8 Å². The van der Waals surface area contributed by atoms with Gasteiger partial charge in [-0.05, 0) is 6.92 Å². The largest absolute Gasteiger partial charge is 0.350 e. The normalized spacial score (nSPS) is 11.1. The summed E-state index contributed by atoms with van der Waals surface area (Å²) in [5, 5.41) is 7.51. The molecule has 19 heavy (non-hydrogen) atoms. The summed E-state index contributed by atoms with van der Waals surface area (Å²) in [6.45, 7) is 1.92. The van der Waals surface area contributed by atoms with Crippen molar-refractivity contribution in [3.8, 4) is 0 Å². The van der Waals surface area contributed by atoms with Crippen LogP contribution in [0.25, 0.3) is 11.0 Å². The van der Waals surface area contributed by atoms with Gasteiger partial charge < -0.3 is 14.9 Å². The molecule has 7 heteroatoms. The van der Waals surface area contributed by atoms with Crippen molar-refractivity contribution in [1.82, 2.24) is 24.3 Å². The third kappa shape index (κ3) is 1.79. The number of pyridine rings is 1. The minimum Gasteiger partial charge on any atom is -0.350 e. The molecule has 0 spiro atoms. The number of aromatic nitrogens is 5. The molecule has 3 heterocycles. The summed E-state index contributed by atoms with van der Waals surface area (Å²) in [6.07, 6.45) is 5.14. The zero-order valence-corrected chi connectivity index (χ0v) is 10.9. The van der Waals surface area contributed by atoms with Gasteiger partial charge in [-0.2, -0.15) is 5.10 Å². The first-order chi connectivity index (χ1) is 9.06. The summed E-state index contributed by atoms with van der Waals surface area (Å²) >= 11 is 0. The third-order valence-corrected chi connectivity index (χ3v) is 3.04. The Kier molecular flexibility index (Phi) is 2.41. The van der Waals surface area contributed by atoms with Crippen molar-refractivity contribution < 1.29 is 0 Å². The molecule has 0 atom stereocenters. The van der Waals surface area contributed by atoms with E-state index in [0.717, 1.165) is 17.1 Å². The van der Waals surface area contributed by atoms with Gasteiger partial charge in [0, 0.05) is 26.5 Å². The Labute approximate surface area is 108 Å². The summed E-state index contributed by atoms with van der Waals surface area (Å²) in [6, 6.07) is 0. The number of nitrogens with zero attached hydrogens (tertiary/aromatic N) is 4. The van der Waals surface area contributed by atoms with Gasteiger partial charge in [0.1, 0.15) is 11.0 Å². The van der Waals surface area contributed by atoms with Crippen LogP contribution >= 0.6 is 0 Å². The van der Waals surface area contributed by atoms with Crippen LogP contribution in [0.15, 0.2) is 23.5 Å². The van der Waals surface area contributed by atoms with Crippen LogP contribution in [0.5, 0.6) is 0 Å². The van der Waals surface area contributed by atoms with Gasteiger partial charge in [-0.25, -0.2) is 4.98 Å². The van der Waals surface area contributed by atoms with Gasteiger partial charge in [-0.15, -0.1) is 0 Å². The second kappa shape index (κ2) is 3.98. The molecule has 0 aliphatic rings. The van der Waals surface area contributed by atoms with Gasteiger partial charge in [-0.3, -0.25) is 9.48 Å². The molecule has 0 saturated carbocycles. The smallest absolute Gasteiger partial charge is 0.274 e. The van der Waals surface area contributed by atoms with E-state index in [1.807, 2.05) is 20.2 Å². The van der Waals surface area contributed by atoms with E-state index in [1.165, 1.54) is 0 Å². The first-order valence-corrected chi connectivity index (χ1v) is 5.86. The van der Waals surface area contributed by atoms with Crippen molar-refractivity contribution in [2.24, 2.45) is 14.1 Å². The highest BCUT2D eigenvalue weighted by atomic mass is 16.1. The molecular weight excluding hydrogens is 244 g/mol. The molecule has 3 aromatic rings. The molecule has 7 nitrogen and oxygen atoms in total. The minimum atomic E-state index is -0.150. The molecule has 0 aliphatic heterocycles. The number of H-pyrrole nitrogens is 1. The minimum absolute atomic E-state index is 0.150. The third-order valence-electron chi connectivity index (χ3n) is 3.04. The van der Waals surface area contributed by atoms with E-state index in [-0.39, 0.29) is 5.56 Å². The summed E-state index contributed by atoms with van der Waals surface area (Å²) in [5.41, 5.74) is 3.58. The van der Waals surface area contributed by atoms with Crippen LogP contribution in [0.3, 0.4) is 0 Å². The first kappa shape index (κ1) is 11.5. The second-order valence-corrected chi connectivity index (χ2v) is 4.51. The Balaban J connectivity index is 2.14. The van der Waals surface area contributed by atoms with Crippen LogP contribution in [0.2, 0.25) is 0 Å². The predicted molar refractivity (Wildman–Crippen MR) is 72.6 cm³/mol. The Morgan fingerprint density at radius 1 is 1.32 bits per heavy atom. The molecule has 3 aromatic heterocycles. The molecule has 0 saturated heterocycles. The Morgan fingerprint density at radius 2 is 2.11 bits per heavy atom. The van der Waals surface area contributed by atoms with Crippen molar-refractivity contribution in [2.75, 3.05) is 5.32 Å². The second-order valence-electron chi connectivity index (χ2n) is 4.51. The molecule has 0 fully saturated rings. The standard InChI is InChI=1S/C12H14N6O/c1-7-9(5-18(3)16-7)15-8-4-13-12(19)11-10(8)14-6-17(11)2/h4-6,15H,1-3H3,(H,13,19). The van der Waals surface area contributed by atoms with Crippen molar-refractivity contribution >= 4 is 22.4 Å². The average Bonchev–Trinajstić information content (AvgIpc) is 2.88. The number of aromatic amines is 1. The molecular formula is C12H14N6O. The maximum absolute atomic E-state index is 11.8. The number of rotatable bonds is 2. The van der Waals surface area contributed by atoms with E-state index in [4.69, 9.17) is 0 Å². The highest BCUT2D eigenvalue weighted by molar-refractivity contribution is 5.89. The molecule has 0 aromatic carbocycles. The number of nitrogens with one attached hydrogen (secondary N) is 2. The van der Waals surface area contributed by atoms with Crippen LogP contribution in [0, 0.1) is 6.92 Å². The lowest BCUT2D eigenvalue weighted by atomic mass is 10.3. The summed E-state index contributed by atoms with van der Waals surface area (Å²) in [4.78, 5) is 18.8. The molecule has 0 aliphatic carbocycles. The van der Waals surface area contributed by atoms with Crippen LogP contribution in [0.1, 0.15) is 5.69 Å². The van der Waals surface area contributed by atoms with Gasteiger partial charge in [0.05, 0.1) is 23.4 Å². The van der Waals surface area contributed by atoms with E-state index < -0.39 is 0 Å². The topological polar surface area (TPSA) is 80.5 Å². The highest BCUT2D eigenvalue weighted by Crippen LogP contribution is 2.23. The molecule has 2 N–H and O–H groups in total. The number of anilines is 2. The van der Waals surface area contributed by atoms with Crippen LogP contribution in [-0.4, -0.2) is 24.3 Å². The van der Waals surface area contributed by atoms with Crippen molar-refractivity contribution in [1.29, 1.82) is 0 Å². The lowest BCUT2D eigenvalue weighted by molar-refractivity contribution is 0.756. The van der Waals surface area contributed by atoms with Crippen molar-refractivity contribution in [3.63, 3.8) is 0 Å². The average molecular weight is 258 g/mol. The molecule has 0 unspecified atom stereocenters. The van der Waals surface area contributed by atoms with Gasteiger partial charge in [0.2, 0.25) is 0 Å². The fourth-order valence-corrected chi connectivity index (χ4v) is 2.13. The zero-order valence-electron chi connectivity index (χ0n) is 10.9. The maximum Gasteiger partial charge on any atom is 0.274 e. The quantitative estimate of drug-likeness (QED) is 0.720. The summed E-state index contributed by atoms with van der Waals surface area (Å²) in [5.74, 6) is 0. The monoisotopic (exact) mass is 258 g/mol. The Bertz CT molecular complexity index is 809. The molecule has 98 valence electrons. The SMILES string of the molecule is Cc1nn(C)cc1Nc1c[nH]c(=O)c2c1ncn2C. The molecule has 0 bridgehead atoms. The number of aryl methyl sites for hydroxylation is 3. The highest BCUT2D eigenvalue weighted by Gasteiger charge is 2.11. The fourth-order valence-electron chi connectivity index (χ4n) is 2.13. The number of imidazole rings is 1. The van der Waals surface area contributed by atoms with E-state index >= 15 is 0 Å². The zero-order chi connectivity index (χ0) is 13.6. The van der Waals surface area contributed by atoms with Gasteiger partial charge >= 0.3 is 0 Å². The maximum atomic E-state index is 11.8. The summed E-state index contributed by atoms with van der Waals surface area (Å²) in [7, 11) is 3.66. The van der Waals surface area contributed by atoms with Gasteiger partial charge in [0.15, 0.2) is 0 Å². The van der Waals surface area contributed by atoms with Gasteiger partial charge in [-0.1, -0.05) is 0 Å². The molecule has 0 radical (unpaired) electrons. The number of hydrogen-bond acceptors (Lipinski definition) is 4. The van der Waals surface area contributed by atoms with Crippen LogP contribution in [0.4, 0.5) is 11.4 Å². The van der Waals surface area contributed by atoms with Crippen molar-refractivity contribution in [2.45, 2.75) is 6.92 Å². The van der Waals surface area contributed by atoms with Gasteiger partial charge in [0.25, 0.3) is 5.56 Å². The molecule has 3 rings (SSSR count). The fraction of sp³-hybridized carbons (Fsp3) is 0.250. The molecule has 0 amide bonds.